The minimum Gasteiger partial charge on any atom is -0.497 e. The Morgan fingerprint density at radius 3 is 2.51 bits per heavy atom. The van der Waals surface area contributed by atoms with E-state index in [4.69, 9.17) is 4.74 Å². The van der Waals surface area contributed by atoms with Crippen molar-refractivity contribution in [2.75, 3.05) is 7.11 Å². The van der Waals surface area contributed by atoms with E-state index in [0.29, 0.717) is 23.2 Å². The van der Waals surface area contributed by atoms with Gasteiger partial charge in [-0.3, -0.25) is 28.5 Å². The number of ether oxygens (including phenoxy) is 1. The summed E-state index contributed by atoms with van der Waals surface area (Å²) in [6.07, 6.45) is 3.68. The fourth-order valence-corrected chi connectivity index (χ4v) is 6.47. The third-order valence-corrected chi connectivity index (χ3v) is 8.36. The van der Waals surface area contributed by atoms with Crippen LogP contribution in [0.2, 0.25) is 0 Å². The number of rotatable bonds is 5. The van der Waals surface area contributed by atoms with E-state index in [2.05, 4.69) is 0 Å². The Bertz CT molecular complexity index is 1580. The molecule has 3 aliphatic rings. The highest BCUT2D eigenvalue weighted by atomic mass is 16.5. The second-order valence-electron chi connectivity index (χ2n) is 10.5. The summed E-state index contributed by atoms with van der Waals surface area (Å²) in [4.78, 5) is 54.6. The highest BCUT2D eigenvalue weighted by Gasteiger charge is 2.41. The number of piperidine rings is 1. The van der Waals surface area contributed by atoms with Crippen LogP contribution in [0.25, 0.3) is 16.6 Å². The summed E-state index contributed by atoms with van der Waals surface area (Å²) in [5.74, 6) is 0.0313. The number of carboxylic acid groups (broad SMARTS) is 1. The van der Waals surface area contributed by atoms with Gasteiger partial charge in [0, 0.05) is 25.1 Å². The topological polar surface area (TPSA) is 114 Å². The SMILES string of the molecule is COc1ccc(CN2C(=O)CCC(n3c(=O)n(C)c4c(C5=CC6CCC(C5)N6C(=O)O)cccc43)C2=O)cc1. The molecule has 3 unspecified atom stereocenters. The number of aromatic nitrogens is 2. The quantitative estimate of drug-likeness (QED) is 0.505. The van der Waals surface area contributed by atoms with Gasteiger partial charge < -0.3 is 9.84 Å². The van der Waals surface area contributed by atoms with Crippen molar-refractivity contribution >= 4 is 34.5 Å². The Balaban J connectivity index is 1.37. The third kappa shape index (κ3) is 4.02. The number of fused-ring (bicyclic) bond motifs is 3. The molecule has 10 heteroatoms. The van der Waals surface area contributed by atoms with Crippen LogP contribution in [0.3, 0.4) is 0 Å². The first kappa shape index (κ1) is 25.0. The average Bonchev–Trinajstić information content (AvgIpc) is 3.36. The number of imidazole rings is 1. The van der Waals surface area contributed by atoms with E-state index in [1.807, 2.05) is 36.4 Å². The molecular formula is C29H30N4O6. The molecule has 2 bridgehead atoms. The van der Waals surface area contributed by atoms with Gasteiger partial charge in [0.05, 0.1) is 30.7 Å². The van der Waals surface area contributed by atoms with Gasteiger partial charge in [0.1, 0.15) is 11.8 Å². The van der Waals surface area contributed by atoms with Gasteiger partial charge >= 0.3 is 11.8 Å². The highest BCUT2D eigenvalue weighted by molar-refractivity contribution is 6.00. The van der Waals surface area contributed by atoms with Crippen LogP contribution in [0.5, 0.6) is 5.75 Å². The van der Waals surface area contributed by atoms with Gasteiger partial charge in [0.15, 0.2) is 0 Å². The Morgan fingerprint density at radius 2 is 1.82 bits per heavy atom. The fourth-order valence-electron chi connectivity index (χ4n) is 6.47. The molecule has 0 spiro atoms. The molecule has 2 fully saturated rings. The number of imide groups is 1. The van der Waals surface area contributed by atoms with Crippen LogP contribution >= 0.6 is 0 Å². The molecule has 1 aromatic heterocycles. The number of carbonyl (C=O) groups excluding carboxylic acids is 2. The van der Waals surface area contributed by atoms with E-state index in [1.54, 1.807) is 30.9 Å². The van der Waals surface area contributed by atoms with Crippen molar-refractivity contribution < 1.29 is 24.2 Å². The molecule has 3 aliphatic heterocycles. The van der Waals surface area contributed by atoms with E-state index in [-0.39, 0.29) is 43.1 Å². The van der Waals surface area contributed by atoms with Crippen LogP contribution in [0.15, 0.2) is 53.3 Å². The zero-order chi connectivity index (χ0) is 27.4. The minimum atomic E-state index is -0.904. The van der Waals surface area contributed by atoms with Crippen LogP contribution in [0.1, 0.15) is 49.3 Å². The van der Waals surface area contributed by atoms with Crippen molar-refractivity contribution in [3.05, 3.63) is 70.2 Å². The van der Waals surface area contributed by atoms with Crippen molar-refractivity contribution in [2.24, 2.45) is 7.05 Å². The molecule has 2 saturated heterocycles. The number of amides is 3. The van der Waals surface area contributed by atoms with Gasteiger partial charge in [-0.15, -0.1) is 0 Å². The van der Waals surface area contributed by atoms with Crippen molar-refractivity contribution in [3.8, 4) is 5.75 Å². The van der Waals surface area contributed by atoms with Crippen LogP contribution in [-0.4, -0.2) is 61.1 Å². The molecular weight excluding hydrogens is 500 g/mol. The standard InChI is InChI=1S/C29H30N4O6/c1-30-26-22(18-14-19-8-9-20(15-18)32(19)29(37)38)4-3-5-23(26)33(28(30)36)24-12-13-25(34)31(27(24)35)16-17-6-10-21(39-2)11-7-17/h3-7,10-11,14,19-20,24H,8-9,12-13,15-16H2,1-2H3,(H,37,38). The maximum atomic E-state index is 13.7. The van der Waals surface area contributed by atoms with Gasteiger partial charge in [-0.1, -0.05) is 30.3 Å². The summed E-state index contributed by atoms with van der Waals surface area (Å²) in [6, 6.07) is 11.8. The van der Waals surface area contributed by atoms with Gasteiger partial charge in [0.25, 0.3) is 5.91 Å². The maximum absolute atomic E-state index is 13.7. The van der Waals surface area contributed by atoms with Gasteiger partial charge in [-0.25, -0.2) is 9.59 Å². The van der Waals surface area contributed by atoms with Gasteiger partial charge in [-0.05, 0) is 55.0 Å². The number of carbonyl (C=O) groups is 3. The molecule has 10 nitrogen and oxygen atoms in total. The molecule has 3 amide bonds. The van der Waals surface area contributed by atoms with Crippen LogP contribution in [0, 0.1) is 0 Å². The predicted molar refractivity (Wildman–Crippen MR) is 143 cm³/mol. The lowest BCUT2D eigenvalue weighted by atomic mass is 9.94. The molecule has 2 aromatic carbocycles. The lowest BCUT2D eigenvalue weighted by Crippen LogP contribution is -2.47. The van der Waals surface area contributed by atoms with Crippen LogP contribution in [-0.2, 0) is 23.2 Å². The van der Waals surface area contributed by atoms with E-state index in [9.17, 15) is 24.3 Å². The van der Waals surface area contributed by atoms with Crippen molar-refractivity contribution in [2.45, 2.75) is 56.8 Å². The van der Waals surface area contributed by atoms with Gasteiger partial charge in [-0.2, -0.15) is 0 Å². The number of aryl methyl sites for hydroxylation is 1. The van der Waals surface area contributed by atoms with E-state index >= 15 is 0 Å². The zero-order valence-corrected chi connectivity index (χ0v) is 21.9. The summed E-state index contributed by atoms with van der Waals surface area (Å²) in [5.41, 5.74) is 3.71. The molecule has 0 aliphatic carbocycles. The Labute approximate surface area is 224 Å². The third-order valence-electron chi connectivity index (χ3n) is 8.36. The van der Waals surface area contributed by atoms with Crippen molar-refractivity contribution in [1.29, 1.82) is 0 Å². The lowest BCUT2D eigenvalue weighted by molar-refractivity contribution is -0.151. The number of methoxy groups -OCH3 is 1. The van der Waals surface area contributed by atoms with E-state index in [0.717, 1.165) is 29.5 Å². The first-order chi connectivity index (χ1) is 18.8. The van der Waals surface area contributed by atoms with Gasteiger partial charge in [0.2, 0.25) is 5.91 Å². The van der Waals surface area contributed by atoms with E-state index < -0.39 is 18.0 Å². The molecule has 1 N–H and O–H groups in total. The molecule has 0 saturated carbocycles. The monoisotopic (exact) mass is 530 g/mol. The van der Waals surface area contributed by atoms with E-state index in [1.165, 1.54) is 14.4 Å². The second-order valence-corrected chi connectivity index (χ2v) is 10.5. The number of hydrogen-bond donors (Lipinski definition) is 1. The van der Waals surface area contributed by atoms with Crippen molar-refractivity contribution in [1.82, 2.24) is 18.9 Å². The first-order valence-electron chi connectivity index (χ1n) is 13.2. The highest BCUT2D eigenvalue weighted by Crippen LogP contribution is 2.40. The second kappa shape index (κ2) is 9.44. The maximum Gasteiger partial charge on any atom is 0.408 e. The zero-order valence-electron chi connectivity index (χ0n) is 21.9. The largest absolute Gasteiger partial charge is 0.497 e. The smallest absolute Gasteiger partial charge is 0.408 e. The molecule has 6 rings (SSSR count). The van der Waals surface area contributed by atoms with Crippen molar-refractivity contribution in [3.63, 3.8) is 0 Å². The Hall–Kier alpha value is -4.34. The number of likely N-dealkylation sites (tertiary alicyclic amines) is 1. The molecule has 202 valence electrons. The summed E-state index contributed by atoms with van der Waals surface area (Å²) in [5, 5.41) is 9.64. The average molecular weight is 531 g/mol. The summed E-state index contributed by atoms with van der Waals surface area (Å²) in [7, 11) is 3.27. The molecule has 39 heavy (non-hydrogen) atoms. The Kier molecular flexibility index (Phi) is 6.05. The fraction of sp³-hybridized carbons (Fsp3) is 0.379. The number of benzene rings is 2. The lowest BCUT2D eigenvalue weighted by Gasteiger charge is -2.32. The molecule has 4 heterocycles. The Morgan fingerprint density at radius 1 is 1.05 bits per heavy atom. The van der Waals surface area contributed by atoms with Crippen LogP contribution < -0.4 is 10.4 Å². The number of para-hydroxylation sites is 1. The first-order valence-corrected chi connectivity index (χ1v) is 13.2. The molecule has 3 atom stereocenters. The number of hydrogen-bond acceptors (Lipinski definition) is 5. The summed E-state index contributed by atoms with van der Waals surface area (Å²) < 4.78 is 8.28. The van der Waals surface area contributed by atoms with Crippen LogP contribution in [0.4, 0.5) is 4.79 Å². The summed E-state index contributed by atoms with van der Waals surface area (Å²) >= 11 is 0. The molecule has 0 radical (unpaired) electrons. The number of nitrogens with zero attached hydrogens (tertiary/aromatic N) is 4. The minimum absolute atomic E-state index is 0.0840. The normalized spacial score (nSPS) is 22.9. The summed E-state index contributed by atoms with van der Waals surface area (Å²) in [6.45, 7) is 0.124. The molecule has 3 aromatic rings. The predicted octanol–water partition coefficient (Wildman–Crippen LogP) is 3.54.